The highest BCUT2D eigenvalue weighted by Gasteiger charge is 2.32. The minimum atomic E-state index is 0.00854. The minimum Gasteiger partial charge on any atom is -0.361 e. The molecule has 1 atom stereocenters. The van der Waals surface area contributed by atoms with E-state index in [0.717, 1.165) is 41.9 Å². The van der Waals surface area contributed by atoms with Crippen molar-refractivity contribution in [2.45, 2.75) is 39.2 Å². The quantitative estimate of drug-likeness (QED) is 0.803. The maximum atomic E-state index is 12.7. The van der Waals surface area contributed by atoms with E-state index in [2.05, 4.69) is 29.2 Å². The van der Waals surface area contributed by atoms with Gasteiger partial charge in [0.05, 0.1) is 29.2 Å². The Kier molecular flexibility index (Phi) is 3.59. The molecule has 3 aromatic rings. The second-order valence-corrected chi connectivity index (χ2v) is 6.50. The third-order valence-corrected chi connectivity index (χ3v) is 4.55. The van der Waals surface area contributed by atoms with Crippen LogP contribution in [-0.4, -0.2) is 32.5 Å². The number of amides is 1. The molecule has 1 fully saturated rings. The van der Waals surface area contributed by atoms with E-state index in [1.54, 1.807) is 0 Å². The average molecular weight is 324 g/mol. The summed E-state index contributed by atoms with van der Waals surface area (Å²) in [6.45, 7) is 4.67. The molecule has 1 aliphatic heterocycles. The van der Waals surface area contributed by atoms with Crippen LogP contribution in [0.4, 0.5) is 0 Å². The van der Waals surface area contributed by atoms with Crippen molar-refractivity contribution in [1.82, 2.24) is 20.0 Å². The lowest BCUT2D eigenvalue weighted by molar-refractivity contribution is -0.131. The number of fused-ring (bicyclic) bond motifs is 1. The van der Waals surface area contributed by atoms with Gasteiger partial charge in [0.2, 0.25) is 5.91 Å². The van der Waals surface area contributed by atoms with Gasteiger partial charge in [-0.2, -0.15) is 0 Å². The van der Waals surface area contributed by atoms with Crippen LogP contribution >= 0.6 is 0 Å². The maximum absolute atomic E-state index is 12.7. The van der Waals surface area contributed by atoms with E-state index in [9.17, 15) is 4.79 Å². The van der Waals surface area contributed by atoms with E-state index in [4.69, 9.17) is 9.51 Å². The topological polar surface area (TPSA) is 75.0 Å². The van der Waals surface area contributed by atoms with Crippen LogP contribution in [0.15, 0.2) is 28.8 Å². The number of benzene rings is 1. The van der Waals surface area contributed by atoms with Gasteiger partial charge in [0.15, 0.2) is 0 Å². The predicted molar refractivity (Wildman–Crippen MR) is 89.5 cm³/mol. The molecule has 0 spiro atoms. The Morgan fingerprint density at radius 2 is 2.25 bits per heavy atom. The number of aromatic nitrogens is 3. The summed E-state index contributed by atoms with van der Waals surface area (Å²) in [6, 6.07) is 7.98. The molecule has 1 aromatic carbocycles. The number of imidazole rings is 1. The zero-order valence-electron chi connectivity index (χ0n) is 13.9. The first kappa shape index (κ1) is 14.9. The van der Waals surface area contributed by atoms with E-state index < -0.39 is 0 Å². The molecule has 1 aliphatic rings. The second-order valence-electron chi connectivity index (χ2n) is 6.50. The van der Waals surface area contributed by atoms with Crippen LogP contribution in [0, 0.1) is 13.8 Å². The number of nitrogens with zero attached hydrogens (tertiary/aromatic N) is 3. The summed E-state index contributed by atoms with van der Waals surface area (Å²) in [5, 5.41) is 3.85. The summed E-state index contributed by atoms with van der Waals surface area (Å²) in [5.74, 6) is 1.55. The van der Waals surface area contributed by atoms with Gasteiger partial charge in [0.25, 0.3) is 0 Å². The van der Waals surface area contributed by atoms with Crippen molar-refractivity contribution in [2.75, 3.05) is 6.54 Å². The third kappa shape index (κ3) is 2.68. The molecule has 0 unspecified atom stereocenters. The highest BCUT2D eigenvalue weighted by Crippen LogP contribution is 2.32. The van der Waals surface area contributed by atoms with Crippen molar-refractivity contribution in [3.63, 3.8) is 0 Å². The molecule has 1 saturated heterocycles. The van der Waals surface area contributed by atoms with Crippen molar-refractivity contribution >= 4 is 16.9 Å². The molecule has 24 heavy (non-hydrogen) atoms. The molecule has 0 bridgehead atoms. The largest absolute Gasteiger partial charge is 0.361 e. The number of rotatable bonds is 3. The molecule has 124 valence electrons. The van der Waals surface area contributed by atoms with E-state index in [1.807, 2.05) is 24.0 Å². The molecule has 2 aromatic heterocycles. The SMILES string of the molecule is Cc1ccc2nc([C@H]3CCCN3C(=O)Cc3cc(C)no3)[nH]c2c1. The van der Waals surface area contributed by atoms with Crippen LogP contribution in [-0.2, 0) is 11.2 Å². The number of hydrogen-bond acceptors (Lipinski definition) is 4. The van der Waals surface area contributed by atoms with Gasteiger partial charge in [-0.25, -0.2) is 4.98 Å². The standard InChI is InChI=1S/C18H20N4O2/c1-11-5-6-14-15(8-11)20-18(19-14)16-4-3-7-22(16)17(23)10-13-9-12(2)21-24-13/h5-6,8-9,16H,3-4,7,10H2,1-2H3,(H,19,20)/t16-/m1/s1. The normalized spacial score (nSPS) is 17.8. The molecule has 1 N–H and O–H groups in total. The number of carbonyl (C=O) groups is 1. The molecule has 3 heterocycles. The molecule has 4 rings (SSSR count). The molecular formula is C18H20N4O2. The van der Waals surface area contributed by atoms with Crippen LogP contribution in [0.25, 0.3) is 11.0 Å². The summed E-state index contributed by atoms with van der Waals surface area (Å²) >= 11 is 0. The monoisotopic (exact) mass is 324 g/mol. The van der Waals surface area contributed by atoms with Gasteiger partial charge in [-0.05, 0) is 44.4 Å². The summed E-state index contributed by atoms with van der Waals surface area (Å²) in [7, 11) is 0. The van der Waals surface area contributed by atoms with E-state index >= 15 is 0 Å². The van der Waals surface area contributed by atoms with Crippen LogP contribution < -0.4 is 0 Å². The number of hydrogen-bond donors (Lipinski definition) is 1. The lowest BCUT2D eigenvalue weighted by Crippen LogP contribution is -2.32. The third-order valence-electron chi connectivity index (χ3n) is 4.55. The molecule has 1 amide bonds. The number of aromatic amines is 1. The van der Waals surface area contributed by atoms with Gasteiger partial charge >= 0.3 is 0 Å². The fourth-order valence-electron chi connectivity index (χ4n) is 3.40. The van der Waals surface area contributed by atoms with Gasteiger partial charge in [0.1, 0.15) is 11.6 Å². The summed E-state index contributed by atoms with van der Waals surface area (Å²) < 4.78 is 5.18. The van der Waals surface area contributed by atoms with Crippen LogP contribution in [0.3, 0.4) is 0 Å². The fraction of sp³-hybridized carbons (Fsp3) is 0.389. The lowest BCUT2D eigenvalue weighted by atomic mass is 10.2. The van der Waals surface area contributed by atoms with Gasteiger partial charge in [-0.15, -0.1) is 0 Å². The highest BCUT2D eigenvalue weighted by molar-refractivity contribution is 5.79. The molecule has 6 heteroatoms. The summed E-state index contributed by atoms with van der Waals surface area (Å²) in [4.78, 5) is 22.7. The molecule has 6 nitrogen and oxygen atoms in total. The number of likely N-dealkylation sites (tertiary alicyclic amines) is 1. The van der Waals surface area contributed by atoms with E-state index in [0.29, 0.717) is 5.76 Å². The molecule has 0 radical (unpaired) electrons. The van der Waals surface area contributed by atoms with Crippen molar-refractivity contribution in [2.24, 2.45) is 0 Å². The molecule has 0 aliphatic carbocycles. The van der Waals surface area contributed by atoms with Crippen LogP contribution in [0.5, 0.6) is 0 Å². The number of carbonyl (C=O) groups excluding carboxylic acids is 1. The Balaban J connectivity index is 1.58. The molecule has 0 saturated carbocycles. The fourth-order valence-corrected chi connectivity index (χ4v) is 3.40. The smallest absolute Gasteiger partial charge is 0.230 e. The zero-order valence-corrected chi connectivity index (χ0v) is 13.9. The minimum absolute atomic E-state index is 0.00854. The molecular weight excluding hydrogens is 304 g/mol. The van der Waals surface area contributed by atoms with Crippen molar-refractivity contribution in [3.8, 4) is 0 Å². The Bertz CT molecular complexity index is 895. The second kappa shape index (κ2) is 5.78. The Morgan fingerprint density at radius 1 is 1.38 bits per heavy atom. The van der Waals surface area contributed by atoms with Gasteiger partial charge < -0.3 is 14.4 Å². The first-order valence-corrected chi connectivity index (χ1v) is 8.28. The summed E-state index contributed by atoms with van der Waals surface area (Å²) in [5.41, 5.74) is 3.96. The first-order valence-electron chi connectivity index (χ1n) is 8.28. The van der Waals surface area contributed by atoms with Crippen molar-refractivity contribution in [1.29, 1.82) is 0 Å². The lowest BCUT2D eigenvalue weighted by Gasteiger charge is -2.22. The Labute approximate surface area is 139 Å². The van der Waals surface area contributed by atoms with E-state index in [1.165, 1.54) is 5.56 Å². The number of H-pyrrole nitrogens is 1. The van der Waals surface area contributed by atoms with Crippen molar-refractivity contribution < 1.29 is 9.32 Å². The predicted octanol–water partition coefficient (Wildman–Crippen LogP) is 3.07. The van der Waals surface area contributed by atoms with Gasteiger partial charge in [-0.3, -0.25) is 4.79 Å². The van der Waals surface area contributed by atoms with Gasteiger partial charge in [-0.1, -0.05) is 11.2 Å². The average Bonchev–Trinajstić information content (AvgIpc) is 3.25. The maximum Gasteiger partial charge on any atom is 0.230 e. The zero-order chi connectivity index (χ0) is 16.7. The Hall–Kier alpha value is -2.63. The highest BCUT2D eigenvalue weighted by atomic mass is 16.5. The van der Waals surface area contributed by atoms with Crippen LogP contribution in [0.2, 0.25) is 0 Å². The van der Waals surface area contributed by atoms with Crippen molar-refractivity contribution in [3.05, 3.63) is 47.1 Å². The van der Waals surface area contributed by atoms with Crippen LogP contribution in [0.1, 0.15) is 41.7 Å². The first-order chi connectivity index (χ1) is 11.6. The Morgan fingerprint density at radius 3 is 3.04 bits per heavy atom. The number of aryl methyl sites for hydroxylation is 2. The van der Waals surface area contributed by atoms with Gasteiger partial charge in [0, 0.05) is 12.6 Å². The number of nitrogens with one attached hydrogen (secondary N) is 1. The van der Waals surface area contributed by atoms with E-state index in [-0.39, 0.29) is 18.4 Å². The summed E-state index contributed by atoms with van der Waals surface area (Å²) in [6.07, 6.45) is 2.17.